The fourth-order valence-electron chi connectivity index (χ4n) is 1.57. The van der Waals surface area contributed by atoms with Gasteiger partial charge in [-0.15, -0.1) is 0 Å². The SMILES string of the molecule is C=CC(=O)OC(C(C)C)C(OC(=O)C=C)(OC(=O)C=C)OC(=O)C=C. The second-order valence-corrected chi connectivity index (χ2v) is 4.78. The summed E-state index contributed by atoms with van der Waals surface area (Å²) in [5.74, 6) is -7.58. The number of hydrogen-bond donors (Lipinski definition) is 0. The van der Waals surface area contributed by atoms with Crippen LogP contribution >= 0.6 is 0 Å². The minimum Gasteiger partial charge on any atom is -0.446 e. The fraction of sp³-hybridized carbons (Fsp3) is 0.294. The van der Waals surface area contributed by atoms with Crippen LogP contribution in [0.3, 0.4) is 0 Å². The van der Waals surface area contributed by atoms with Gasteiger partial charge in [0.15, 0.2) is 0 Å². The third kappa shape index (κ3) is 6.46. The van der Waals surface area contributed by atoms with E-state index in [9.17, 15) is 19.2 Å². The molecule has 0 rings (SSSR count). The molecular formula is C17H20O8. The van der Waals surface area contributed by atoms with Crippen LogP contribution in [0.1, 0.15) is 13.8 Å². The van der Waals surface area contributed by atoms with Crippen LogP contribution in [0.15, 0.2) is 50.6 Å². The lowest BCUT2D eigenvalue weighted by Crippen LogP contribution is -2.56. The molecule has 8 heteroatoms. The van der Waals surface area contributed by atoms with Crippen molar-refractivity contribution in [3.05, 3.63) is 50.6 Å². The lowest BCUT2D eigenvalue weighted by Gasteiger charge is -2.37. The Kier molecular flexibility index (Phi) is 8.62. The summed E-state index contributed by atoms with van der Waals surface area (Å²) >= 11 is 0. The van der Waals surface area contributed by atoms with Gasteiger partial charge < -0.3 is 18.9 Å². The molecule has 25 heavy (non-hydrogen) atoms. The van der Waals surface area contributed by atoms with E-state index in [1.165, 1.54) is 0 Å². The average Bonchev–Trinajstić information content (AvgIpc) is 2.58. The highest BCUT2D eigenvalue weighted by atomic mass is 16.9. The minimum atomic E-state index is -2.71. The van der Waals surface area contributed by atoms with E-state index in [4.69, 9.17) is 18.9 Å². The first kappa shape index (κ1) is 21.8. The van der Waals surface area contributed by atoms with E-state index >= 15 is 0 Å². The largest absolute Gasteiger partial charge is 0.464 e. The van der Waals surface area contributed by atoms with Gasteiger partial charge in [-0.2, -0.15) is 0 Å². The van der Waals surface area contributed by atoms with Crippen LogP contribution in [0.2, 0.25) is 0 Å². The summed E-state index contributed by atoms with van der Waals surface area (Å²) in [5.41, 5.74) is 0. The van der Waals surface area contributed by atoms with E-state index in [1.54, 1.807) is 13.8 Å². The average molecular weight is 352 g/mol. The van der Waals surface area contributed by atoms with Gasteiger partial charge in [0.2, 0.25) is 6.10 Å². The van der Waals surface area contributed by atoms with Crippen LogP contribution in [0.4, 0.5) is 0 Å². The molecule has 0 N–H and O–H groups in total. The number of hydrogen-bond acceptors (Lipinski definition) is 8. The highest BCUT2D eigenvalue weighted by molar-refractivity contribution is 5.85. The monoisotopic (exact) mass is 352 g/mol. The van der Waals surface area contributed by atoms with Crippen LogP contribution < -0.4 is 0 Å². The third-order valence-corrected chi connectivity index (χ3v) is 2.59. The topological polar surface area (TPSA) is 105 Å². The summed E-state index contributed by atoms with van der Waals surface area (Å²) in [7, 11) is 0. The van der Waals surface area contributed by atoms with Crippen LogP contribution in [-0.2, 0) is 38.1 Å². The minimum absolute atomic E-state index is 0.628. The van der Waals surface area contributed by atoms with Crippen LogP contribution in [-0.4, -0.2) is 36.0 Å². The van der Waals surface area contributed by atoms with E-state index in [1.807, 2.05) is 0 Å². The van der Waals surface area contributed by atoms with Gasteiger partial charge in [-0.3, -0.25) is 0 Å². The van der Waals surface area contributed by atoms with Gasteiger partial charge in [0.25, 0.3) is 0 Å². The predicted octanol–water partition coefficient (Wildman–Crippen LogP) is 1.58. The van der Waals surface area contributed by atoms with Gasteiger partial charge in [-0.1, -0.05) is 40.2 Å². The first-order valence-electron chi connectivity index (χ1n) is 7.05. The van der Waals surface area contributed by atoms with Crippen molar-refractivity contribution in [1.82, 2.24) is 0 Å². The molecule has 1 atom stereocenters. The van der Waals surface area contributed by atoms with Gasteiger partial charge in [-0.05, 0) is 0 Å². The molecule has 0 bridgehead atoms. The molecule has 8 nitrogen and oxygen atoms in total. The Labute approximate surface area is 145 Å². The Morgan fingerprint density at radius 2 is 1.04 bits per heavy atom. The molecule has 0 aliphatic rings. The lowest BCUT2D eigenvalue weighted by atomic mass is 10.0. The molecule has 136 valence electrons. The summed E-state index contributed by atoms with van der Waals surface area (Å²) in [6, 6.07) is 0. The smallest absolute Gasteiger partial charge is 0.446 e. The maximum atomic E-state index is 11.7. The van der Waals surface area contributed by atoms with Gasteiger partial charge >= 0.3 is 29.9 Å². The van der Waals surface area contributed by atoms with Crippen molar-refractivity contribution in [3.8, 4) is 0 Å². The van der Waals surface area contributed by atoms with Gasteiger partial charge in [-0.25, -0.2) is 19.2 Å². The maximum Gasteiger partial charge on any atom is 0.464 e. The molecule has 0 saturated carbocycles. The molecule has 0 saturated heterocycles. The van der Waals surface area contributed by atoms with E-state index in [0.29, 0.717) is 0 Å². The standard InChI is InChI=1S/C17H20O8/c1-7-12(18)22-16(11(5)6)17(23-13(19)8-2,24-14(20)9-3)25-15(21)10-4/h7-11,16H,1-4H2,5-6H3. The van der Waals surface area contributed by atoms with Gasteiger partial charge in [0.05, 0.1) is 0 Å². The van der Waals surface area contributed by atoms with Crippen molar-refractivity contribution >= 4 is 23.9 Å². The summed E-state index contributed by atoms with van der Waals surface area (Å²) in [6.45, 7) is 15.9. The quantitative estimate of drug-likeness (QED) is 0.331. The molecule has 0 amide bonds. The van der Waals surface area contributed by atoms with E-state index in [0.717, 1.165) is 24.3 Å². The Morgan fingerprint density at radius 3 is 1.28 bits per heavy atom. The molecule has 0 heterocycles. The molecule has 0 aliphatic heterocycles. The van der Waals surface area contributed by atoms with E-state index < -0.39 is 41.9 Å². The summed E-state index contributed by atoms with van der Waals surface area (Å²) in [5, 5.41) is 0. The summed E-state index contributed by atoms with van der Waals surface area (Å²) in [6.07, 6.45) is 1.54. The van der Waals surface area contributed by atoms with Crippen molar-refractivity contribution < 1.29 is 38.1 Å². The second kappa shape index (κ2) is 9.86. The predicted molar refractivity (Wildman–Crippen MR) is 86.5 cm³/mol. The number of carbonyl (C=O) groups excluding carboxylic acids is 4. The Morgan fingerprint density at radius 1 is 0.720 bits per heavy atom. The van der Waals surface area contributed by atoms with Crippen LogP contribution in [0.5, 0.6) is 0 Å². The molecular weight excluding hydrogens is 332 g/mol. The van der Waals surface area contributed by atoms with E-state index in [2.05, 4.69) is 26.3 Å². The van der Waals surface area contributed by atoms with Crippen LogP contribution in [0.25, 0.3) is 0 Å². The number of esters is 4. The zero-order chi connectivity index (χ0) is 19.6. The molecule has 0 radical (unpaired) electrons. The van der Waals surface area contributed by atoms with Gasteiger partial charge in [0, 0.05) is 30.2 Å². The summed E-state index contributed by atoms with van der Waals surface area (Å²) < 4.78 is 19.9. The van der Waals surface area contributed by atoms with Crippen molar-refractivity contribution in [2.24, 2.45) is 5.92 Å². The molecule has 0 aromatic heterocycles. The Balaban J connectivity index is 6.27. The molecule has 0 fully saturated rings. The van der Waals surface area contributed by atoms with Crippen molar-refractivity contribution in [2.45, 2.75) is 25.9 Å². The highest BCUT2D eigenvalue weighted by Gasteiger charge is 2.54. The first-order valence-corrected chi connectivity index (χ1v) is 7.05. The zero-order valence-corrected chi connectivity index (χ0v) is 14.1. The molecule has 0 aromatic rings. The maximum absolute atomic E-state index is 11.7. The molecule has 0 aromatic carbocycles. The second-order valence-electron chi connectivity index (χ2n) is 4.78. The fourth-order valence-corrected chi connectivity index (χ4v) is 1.57. The number of rotatable bonds is 10. The van der Waals surface area contributed by atoms with Crippen molar-refractivity contribution in [3.63, 3.8) is 0 Å². The van der Waals surface area contributed by atoms with Crippen molar-refractivity contribution in [1.29, 1.82) is 0 Å². The van der Waals surface area contributed by atoms with E-state index in [-0.39, 0.29) is 0 Å². The first-order chi connectivity index (χ1) is 11.6. The number of ether oxygens (including phenoxy) is 4. The molecule has 0 spiro atoms. The zero-order valence-electron chi connectivity index (χ0n) is 14.1. The Bertz CT molecular complexity index is 532. The van der Waals surface area contributed by atoms with Crippen molar-refractivity contribution in [2.75, 3.05) is 0 Å². The highest BCUT2D eigenvalue weighted by Crippen LogP contribution is 2.30. The normalized spacial score (nSPS) is 11.5. The number of carbonyl (C=O) groups is 4. The third-order valence-electron chi connectivity index (χ3n) is 2.59. The Hall–Kier alpha value is -3.16. The molecule has 0 aliphatic carbocycles. The lowest BCUT2D eigenvalue weighted by molar-refractivity contribution is -0.364. The molecule has 1 unspecified atom stereocenters. The summed E-state index contributed by atoms with van der Waals surface area (Å²) in [4.78, 5) is 46.8. The van der Waals surface area contributed by atoms with Gasteiger partial charge in [0.1, 0.15) is 0 Å². The van der Waals surface area contributed by atoms with Crippen LogP contribution in [0, 0.1) is 5.92 Å².